The van der Waals surface area contributed by atoms with E-state index in [-0.39, 0.29) is 23.4 Å². The van der Waals surface area contributed by atoms with Crippen molar-refractivity contribution in [1.29, 1.82) is 0 Å². The zero-order valence-electron chi connectivity index (χ0n) is 21.9. The summed E-state index contributed by atoms with van der Waals surface area (Å²) in [6, 6.07) is 20.8. The number of nitrogens with one attached hydrogen (secondary N) is 2. The number of anilines is 1. The maximum absolute atomic E-state index is 13.7. The minimum absolute atomic E-state index is 0.0154. The molecule has 5 nitrogen and oxygen atoms in total. The maximum atomic E-state index is 13.7. The van der Waals surface area contributed by atoms with Gasteiger partial charge in [-0.2, -0.15) is 0 Å². The minimum Gasteiger partial charge on any atom is -0.345 e. The summed E-state index contributed by atoms with van der Waals surface area (Å²) >= 11 is 0. The highest BCUT2D eigenvalue weighted by molar-refractivity contribution is 5.94. The Kier molecular flexibility index (Phi) is 9.24. The van der Waals surface area contributed by atoms with Gasteiger partial charge in [0, 0.05) is 23.7 Å². The fourth-order valence-electron chi connectivity index (χ4n) is 4.84. The minimum atomic E-state index is -1.04. The van der Waals surface area contributed by atoms with Crippen LogP contribution in [0.1, 0.15) is 66.6 Å². The van der Waals surface area contributed by atoms with E-state index in [0.717, 1.165) is 55.9 Å². The molecule has 2 amide bonds. The first-order chi connectivity index (χ1) is 18.3. The van der Waals surface area contributed by atoms with Gasteiger partial charge in [0.25, 0.3) is 5.91 Å². The fraction of sp³-hybridized carbons (Fsp3) is 0.355. The lowest BCUT2D eigenvalue weighted by molar-refractivity contribution is -0.118. The molecule has 1 aliphatic heterocycles. The van der Waals surface area contributed by atoms with Crippen molar-refractivity contribution < 1.29 is 18.4 Å². The number of likely N-dealkylation sites (tertiary alicyclic amines) is 1. The van der Waals surface area contributed by atoms with Crippen molar-refractivity contribution in [2.24, 2.45) is 5.92 Å². The van der Waals surface area contributed by atoms with Gasteiger partial charge < -0.3 is 15.5 Å². The van der Waals surface area contributed by atoms with Crippen molar-refractivity contribution in [3.8, 4) is 0 Å². The number of hydrogen-bond acceptors (Lipinski definition) is 3. The molecule has 4 rings (SSSR count). The molecule has 7 heteroatoms. The van der Waals surface area contributed by atoms with E-state index in [1.54, 1.807) is 0 Å². The molecule has 38 heavy (non-hydrogen) atoms. The van der Waals surface area contributed by atoms with Crippen LogP contribution < -0.4 is 10.6 Å². The van der Waals surface area contributed by atoms with Gasteiger partial charge >= 0.3 is 0 Å². The summed E-state index contributed by atoms with van der Waals surface area (Å²) in [6.45, 7) is 6.43. The van der Waals surface area contributed by atoms with Crippen molar-refractivity contribution in [3.63, 3.8) is 0 Å². The van der Waals surface area contributed by atoms with Gasteiger partial charge in [0.05, 0.1) is 6.04 Å². The first-order valence-corrected chi connectivity index (χ1v) is 13.2. The summed E-state index contributed by atoms with van der Waals surface area (Å²) in [5, 5.41) is 6.00. The second-order valence-electron chi connectivity index (χ2n) is 10.2. The third-order valence-corrected chi connectivity index (χ3v) is 7.16. The van der Waals surface area contributed by atoms with Crippen LogP contribution in [0.2, 0.25) is 0 Å². The van der Waals surface area contributed by atoms with Crippen LogP contribution >= 0.6 is 0 Å². The number of nitrogens with zero attached hydrogens (tertiary/aromatic N) is 1. The van der Waals surface area contributed by atoms with Crippen LogP contribution in [0.25, 0.3) is 0 Å². The fourth-order valence-corrected chi connectivity index (χ4v) is 4.84. The standard InChI is InChI=1S/C31H35F2N3O2/c1-21(2)30(37)34-26-10-6-9-24(19-26)22-13-16-36(17-14-22)18-15-29(23-7-4-3-5-8-23)35-31(38)25-11-12-27(32)28(33)20-25/h3-12,19-22,29H,13-18H2,1-2H3,(H,34,37)(H,35,38)/t29-/m0/s1. The molecule has 0 bridgehead atoms. The molecule has 3 aromatic carbocycles. The largest absolute Gasteiger partial charge is 0.345 e. The second kappa shape index (κ2) is 12.8. The molecule has 1 heterocycles. The molecule has 0 radical (unpaired) electrons. The number of halogens is 2. The van der Waals surface area contributed by atoms with Gasteiger partial charge in [-0.05, 0) is 79.7 Å². The topological polar surface area (TPSA) is 61.4 Å². The van der Waals surface area contributed by atoms with E-state index in [4.69, 9.17) is 0 Å². The molecule has 1 aliphatic rings. The Hall–Kier alpha value is -3.58. The van der Waals surface area contributed by atoms with Crippen LogP contribution in [-0.2, 0) is 4.79 Å². The van der Waals surface area contributed by atoms with Crippen molar-refractivity contribution in [1.82, 2.24) is 10.2 Å². The van der Waals surface area contributed by atoms with E-state index in [9.17, 15) is 18.4 Å². The lowest BCUT2D eigenvalue weighted by atomic mass is 9.89. The van der Waals surface area contributed by atoms with Gasteiger partial charge in [-0.3, -0.25) is 9.59 Å². The number of benzene rings is 3. The number of rotatable bonds is 9. The zero-order chi connectivity index (χ0) is 27.1. The SMILES string of the molecule is CC(C)C(=O)Nc1cccc(C2CCN(CC[C@H](NC(=O)c3ccc(F)c(F)c3)c3ccccc3)CC2)c1. The number of piperidine rings is 1. The van der Waals surface area contributed by atoms with E-state index in [1.807, 2.05) is 56.3 Å². The summed E-state index contributed by atoms with van der Waals surface area (Å²) in [5.41, 5.74) is 3.15. The van der Waals surface area contributed by atoms with E-state index in [2.05, 4.69) is 27.7 Å². The monoisotopic (exact) mass is 519 g/mol. The van der Waals surface area contributed by atoms with E-state index in [1.165, 1.54) is 11.6 Å². The summed E-state index contributed by atoms with van der Waals surface area (Å²) in [4.78, 5) is 27.3. The summed E-state index contributed by atoms with van der Waals surface area (Å²) < 4.78 is 27.0. The van der Waals surface area contributed by atoms with Crippen LogP contribution in [0.4, 0.5) is 14.5 Å². The number of carbonyl (C=O) groups is 2. The first kappa shape index (κ1) is 27.5. The molecule has 200 valence electrons. The molecule has 1 fully saturated rings. The Morgan fingerprint density at radius 1 is 0.921 bits per heavy atom. The summed E-state index contributed by atoms with van der Waals surface area (Å²) in [5.74, 6) is -2.06. The molecule has 0 spiro atoms. The highest BCUT2D eigenvalue weighted by atomic mass is 19.2. The molecule has 0 saturated carbocycles. The van der Waals surface area contributed by atoms with Crippen molar-refractivity contribution in [3.05, 3.63) is 101 Å². The predicted molar refractivity (Wildman–Crippen MR) is 146 cm³/mol. The van der Waals surface area contributed by atoms with Crippen LogP contribution in [0.5, 0.6) is 0 Å². The Balaban J connectivity index is 1.34. The highest BCUT2D eigenvalue weighted by Gasteiger charge is 2.23. The normalized spacial score (nSPS) is 15.3. The van der Waals surface area contributed by atoms with E-state index < -0.39 is 17.5 Å². The van der Waals surface area contributed by atoms with Crippen LogP contribution in [-0.4, -0.2) is 36.3 Å². The third kappa shape index (κ3) is 7.25. The number of carbonyl (C=O) groups excluding carboxylic acids is 2. The van der Waals surface area contributed by atoms with Crippen LogP contribution in [0.15, 0.2) is 72.8 Å². The summed E-state index contributed by atoms with van der Waals surface area (Å²) in [7, 11) is 0. The maximum Gasteiger partial charge on any atom is 0.251 e. The molecule has 0 aromatic heterocycles. The molecular weight excluding hydrogens is 484 g/mol. The van der Waals surface area contributed by atoms with Gasteiger partial charge in [-0.25, -0.2) is 8.78 Å². The van der Waals surface area contributed by atoms with Gasteiger partial charge in [0.15, 0.2) is 11.6 Å². The Bertz CT molecular complexity index is 1240. The van der Waals surface area contributed by atoms with E-state index in [0.29, 0.717) is 12.3 Å². The van der Waals surface area contributed by atoms with Gasteiger partial charge in [-0.1, -0.05) is 56.3 Å². The average Bonchev–Trinajstić information content (AvgIpc) is 2.93. The Morgan fingerprint density at radius 2 is 1.66 bits per heavy atom. The van der Waals surface area contributed by atoms with Crippen molar-refractivity contribution in [2.75, 3.05) is 25.0 Å². The zero-order valence-corrected chi connectivity index (χ0v) is 21.9. The Labute approximate surface area is 223 Å². The third-order valence-electron chi connectivity index (χ3n) is 7.16. The molecule has 0 aliphatic carbocycles. The molecule has 1 atom stereocenters. The highest BCUT2D eigenvalue weighted by Crippen LogP contribution is 2.30. The van der Waals surface area contributed by atoms with Crippen LogP contribution in [0.3, 0.4) is 0 Å². The second-order valence-corrected chi connectivity index (χ2v) is 10.2. The molecule has 2 N–H and O–H groups in total. The van der Waals surface area contributed by atoms with Crippen LogP contribution in [0, 0.1) is 17.6 Å². The van der Waals surface area contributed by atoms with Crippen molar-refractivity contribution >= 4 is 17.5 Å². The average molecular weight is 520 g/mol. The molecular formula is C31H35F2N3O2. The number of amides is 2. The smallest absolute Gasteiger partial charge is 0.251 e. The van der Waals surface area contributed by atoms with Gasteiger partial charge in [0.1, 0.15) is 0 Å². The number of hydrogen-bond donors (Lipinski definition) is 2. The molecule has 3 aromatic rings. The lowest BCUT2D eigenvalue weighted by Crippen LogP contribution is -2.36. The van der Waals surface area contributed by atoms with Gasteiger partial charge in [0.2, 0.25) is 5.91 Å². The van der Waals surface area contributed by atoms with Gasteiger partial charge in [-0.15, -0.1) is 0 Å². The molecule has 0 unspecified atom stereocenters. The van der Waals surface area contributed by atoms with Crippen molar-refractivity contribution in [2.45, 2.75) is 45.1 Å². The first-order valence-electron chi connectivity index (χ1n) is 13.2. The molecule has 1 saturated heterocycles. The quantitative estimate of drug-likeness (QED) is 0.349. The summed E-state index contributed by atoms with van der Waals surface area (Å²) in [6.07, 6.45) is 2.72. The Morgan fingerprint density at radius 3 is 2.34 bits per heavy atom. The lowest BCUT2D eigenvalue weighted by Gasteiger charge is -2.33. The van der Waals surface area contributed by atoms with E-state index >= 15 is 0 Å². The predicted octanol–water partition coefficient (Wildman–Crippen LogP) is 6.30.